The minimum Gasteiger partial charge on any atom is -0.388 e. The van der Waals surface area contributed by atoms with Crippen LogP contribution in [-0.2, 0) is 14.5 Å². The number of phosphoric acid groups is 1. The molecule has 2 aromatic carbocycles. The Morgan fingerprint density at radius 3 is 2.42 bits per heavy atom. The van der Waals surface area contributed by atoms with Crippen LogP contribution in [0.1, 0.15) is 42.5 Å². The number of hydrogen-bond acceptors (Lipinski definition) is 9. The van der Waals surface area contributed by atoms with Crippen molar-refractivity contribution in [1.82, 2.24) is 9.97 Å². The number of aromatic amines is 2. The standard InChI is InChI=1S/C30H36FN4O9P/c1-15-10-19-24-23(16(15)2)30(3,4)12-20(18(31)11-17-8-6-5-7-9-17)35(24)25-27(32-29(40)33-28(25)39)34(19)13-21(36)26(38)22(37)14-44-45(41,42)43/h5-11,20-22,26,36-38H,12-14H2,1-4H3,(H2,41,42,43)(H2,32,33,39,40)/b18-11-/t20-,21-,22+,26-/m0/s1. The Morgan fingerprint density at radius 2 is 1.78 bits per heavy atom. The van der Waals surface area contributed by atoms with Crippen LogP contribution in [0.5, 0.6) is 0 Å². The van der Waals surface area contributed by atoms with E-state index in [0.29, 0.717) is 16.9 Å². The van der Waals surface area contributed by atoms with Gasteiger partial charge in [0.2, 0.25) is 0 Å². The lowest BCUT2D eigenvalue weighted by Gasteiger charge is -2.51. The first kappa shape index (κ1) is 32.8. The van der Waals surface area contributed by atoms with E-state index in [4.69, 9.17) is 9.79 Å². The highest BCUT2D eigenvalue weighted by Gasteiger charge is 2.48. The van der Waals surface area contributed by atoms with Gasteiger partial charge < -0.3 is 34.9 Å². The summed E-state index contributed by atoms with van der Waals surface area (Å²) in [5, 5.41) is 32.0. The van der Waals surface area contributed by atoms with E-state index in [1.807, 2.05) is 33.8 Å². The SMILES string of the molecule is Cc1cc2c3c(c1C)C(C)(C)C[C@@H](/C(F)=C/c1ccccc1)N3c1c([nH]c(=O)[nH]c1=O)N2C[C@H](O)[C@H](O)[C@H](O)COP(=O)(O)O. The van der Waals surface area contributed by atoms with Gasteiger partial charge in [-0.2, -0.15) is 0 Å². The summed E-state index contributed by atoms with van der Waals surface area (Å²) in [4.78, 5) is 51.9. The fourth-order valence-corrected chi connectivity index (χ4v) is 6.66. The van der Waals surface area contributed by atoms with Crippen LogP contribution >= 0.6 is 7.82 Å². The molecule has 15 heteroatoms. The van der Waals surface area contributed by atoms with Gasteiger partial charge in [0.25, 0.3) is 5.56 Å². The molecule has 0 unspecified atom stereocenters. The van der Waals surface area contributed by atoms with Crippen LogP contribution in [0, 0.1) is 13.8 Å². The predicted octanol–water partition coefficient (Wildman–Crippen LogP) is 2.52. The van der Waals surface area contributed by atoms with Gasteiger partial charge in [-0.15, -0.1) is 0 Å². The van der Waals surface area contributed by atoms with Crippen molar-refractivity contribution in [3.05, 3.63) is 85.3 Å². The molecule has 1 aromatic heterocycles. The normalized spacial score (nSPS) is 19.5. The number of nitrogens with one attached hydrogen (secondary N) is 2. The molecule has 45 heavy (non-hydrogen) atoms. The lowest BCUT2D eigenvalue weighted by molar-refractivity contribution is -0.0717. The zero-order valence-corrected chi connectivity index (χ0v) is 26.0. The van der Waals surface area contributed by atoms with Crippen LogP contribution in [0.2, 0.25) is 0 Å². The first-order chi connectivity index (χ1) is 21.0. The van der Waals surface area contributed by atoms with Gasteiger partial charge in [-0.3, -0.25) is 19.3 Å². The number of aryl methyl sites for hydroxylation is 1. The zero-order valence-electron chi connectivity index (χ0n) is 25.1. The van der Waals surface area contributed by atoms with Crippen molar-refractivity contribution < 1.29 is 38.6 Å². The van der Waals surface area contributed by atoms with Crippen molar-refractivity contribution in [2.45, 2.75) is 63.9 Å². The van der Waals surface area contributed by atoms with E-state index in [0.717, 1.165) is 16.7 Å². The van der Waals surface area contributed by atoms with Crippen LogP contribution in [0.15, 0.2) is 51.8 Å². The molecule has 3 heterocycles. The zero-order chi connectivity index (χ0) is 33.0. The summed E-state index contributed by atoms with van der Waals surface area (Å²) in [6.45, 7) is 6.28. The van der Waals surface area contributed by atoms with Crippen molar-refractivity contribution in [2.24, 2.45) is 0 Å². The number of H-pyrrole nitrogens is 2. The number of aromatic nitrogens is 2. The molecule has 0 saturated carbocycles. The van der Waals surface area contributed by atoms with Gasteiger partial charge in [0, 0.05) is 0 Å². The second-order valence-electron chi connectivity index (χ2n) is 12.1. The fraction of sp³-hybridized carbons (Fsp3) is 0.400. The molecule has 0 fully saturated rings. The Hall–Kier alpha value is -3.62. The molecule has 0 bridgehead atoms. The highest BCUT2D eigenvalue weighted by molar-refractivity contribution is 7.46. The van der Waals surface area contributed by atoms with Crippen molar-refractivity contribution in [2.75, 3.05) is 23.0 Å². The summed E-state index contributed by atoms with van der Waals surface area (Å²) >= 11 is 0. The number of nitrogens with zero attached hydrogens (tertiary/aromatic N) is 2. The van der Waals surface area contributed by atoms with Crippen LogP contribution in [0.3, 0.4) is 0 Å². The molecule has 7 N–H and O–H groups in total. The van der Waals surface area contributed by atoms with Crippen LogP contribution < -0.4 is 21.0 Å². The number of halogens is 1. The summed E-state index contributed by atoms with van der Waals surface area (Å²) in [6, 6.07) is 9.68. The second-order valence-corrected chi connectivity index (χ2v) is 13.3. The third-order valence-corrected chi connectivity index (χ3v) is 8.91. The molecule has 242 valence electrons. The molecule has 3 aromatic rings. The molecule has 0 spiro atoms. The molecule has 13 nitrogen and oxygen atoms in total. The second kappa shape index (κ2) is 12.0. The van der Waals surface area contributed by atoms with Crippen LogP contribution in [-0.4, -0.2) is 72.6 Å². The number of hydrogen-bond donors (Lipinski definition) is 7. The van der Waals surface area contributed by atoms with Gasteiger partial charge in [-0.25, -0.2) is 13.8 Å². The van der Waals surface area contributed by atoms with Crippen molar-refractivity contribution >= 4 is 36.8 Å². The number of fused-ring (bicyclic) bond motifs is 2. The van der Waals surface area contributed by atoms with E-state index in [1.165, 1.54) is 11.0 Å². The van der Waals surface area contributed by atoms with E-state index in [1.54, 1.807) is 35.2 Å². The van der Waals surface area contributed by atoms with Crippen molar-refractivity contribution in [3.8, 4) is 0 Å². The van der Waals surface area contributed by atoms with Crippen LogP contribution in [0.25, 0.3) is 6.08 Å². The number of aliphatic hydroxyl groups excluding tert-OH is 3. The smallest absolute Gasteiger partial charge is 0.388 e. The first-order valence-corrected chi connectivity index (χ1v) is 15.8. The number of benzene rings is 2. The molecule has 0 aliphatic carbocycles. The molecular formula is C30H36FN4O9P. The summed E-state index contributed by atoms with van der Waals surface area (Å²) < 4.78 is 31.7. The Morgan fingerprint density at radius 1 is 1.11 bits per heavy atom. The Labute approximate surface area is 257 Å². The first-order valence-electron chi connectivity index (χ1n) is 14.2. The highest BCUT2D eigenvalue weighted by Crippen LogP contribution is 2.57. The van der Waals surface area contributed by atoms with Crippen molar-refractivity contribution in [3.63, 3.8) is 0 Å². The summed E-state index contributed by atoms with van der Waals surface area (Å²) in [6.07, 6.45) is -3.96. The van der Waals surface area contributed by atoms with Gasteiger partial charge in [0.05, 0.1) is 30.6 Å². The fourth-order valence-electron chi connectivity index (χ4n) is 6.31. The topological polar surface area (TPSA) is 200 Å². The largest absolute Gasteiger partial charge is 0.469 e. The number of rotatable bonds is 9. The molecule has 0 amide bonds. The Bertz CT molecular complexity index is 1800. The molecule has 4 atom stereocenters. The van der Waals surface area contributed by atoms with Gasteiger partial charge >= 0.3 is 13.5 Å². The third-order valence-electron chi connectivity index (χ3n) is 8.43. The Balaban J connectivity index is 1.69. The maximum atomic E-state index is 16.4. The third kappa shape index (κ3) is 6.27. The minimum atomic E-state index is -4.97. The lowest BCUT2D eigenvalue weighted by Crippen LogP contribution is -2.51. The lowest BCUT2D eigenvalue weighted by atomic mass is 9.70. The molecule has 0 saturated heterocycles. The quantitative estimate of drug-likeness (QED) is 0.169. The summed E-state index contributed by atoms with van der Waals surface area (Å²) in [5.74, 6) is -0.590. The van der Waals surface area contributed by atoms with E-state index in [2.05, 4.69) is 14.5 Å². The maximum Gasteiger partial charge on any atom is 0.469 e. The van der Waals surface area contributed by atoms with E-state index >= 15 is 4.39 Å². The number of β-amino-alcohol motifs (C(OH)–C–C–N with tert-alkyl or cyclic N) is 1. The number of anilines is 4. The summed E-state index contributed by atoms with van der Waals surface area (Å²) in [7, 11) is -4.97. The average Bonchev–Trinajstić information content (AvgIpc) is 2.95. The average molecular weight is 647 g/mol. The molecular weight excluding hydrogens is 610 g/mol. The van der Waals surface area contributed by atoms with Gasteiger partial charge in [-0.1, -0.05) is 44.2 Å². The summed E-state index contributed by atoms with van der Waals surface area (Å²) in [5.41, 5.74) is 1.69. The molecule has 2 aliphatic heterocycles. The van der Waals surface area contributed by atoms with E-state index in [-0.39, 0.29) is 17.9 Å². The number of aliphatic hydroxyl groups is 3. The van der Waals surface area contributed by atoms with Crippen molar-refractivity contribution in [1.29, 1.82) is 0 Å². The van der Waals surface area contributed by atoms with Gasteiger partial charge in [0.1, 0.15) is 35.6 Å². The number of phosphoric ester groups is 1. The molecule has 2 aliphatic rings. The monoisotopic (exact) mass is 646 g/mol. The molecule has 0 radical (unpaired) electrons. The molecule has 5 rings (SSSR count). The highest BCUT2D eigenvalue weighted by atomic mass is 31.2. The maximum absolute atomic E-state index is 16.4. The Kier molecular flexibility index (Phi) is 8.70. The van der Waals surface area contributed by atoms with E-state index < -0.39 is 67.8 Å². The minimum absolute atomic E-state index is 0.0742. The van der Waals surface area contributed by atoms with E-state index in [9.17, 15) is 29.5 Å². The predicted molar refractivity (Wildman–Crippen MR) is 166 cm³/mol. The van der Waals surface area contributed by atoms with Gasteiger partial charge in [-0.05, 0) is 60.1 Å². The van der Waals surface area contributed by atoms with Crippen LogP contribution in [0.4, 0.5) is 27.3 Å². The van der Waals surface area contributed by atoms with Gasteiger partial charge in [0.15, 0.2) is 0 Å².